The fourth-order valence-corrected chi connectivity index (χ4v) is 4.73. The molecule has 0 aromatic heterocycles. The van der Waals surface area contributed by atoms with E-state index in [1.54, 1.807) is 11.8 Å². The van der Waals surface area contributed by atoms with Crippen LogP contribution >= 0.6 is 23.4 Å². The molecule has 0 amide bonds. The van der Waals surface area contributed by atoms with E-state index in [2.05, 4.69) is 23.7 Å². The average Bonchev–Trinajstić information content (AvgIpc) is 2.50. The first-order valence-corrected chi connectivity index (χ1v) is 9.63. The highest BCUT2D eigenvalue weighted by Crippen LogP contribution is 2.45. The zero-order valence-corrected chi connectivity index (χ0v) is 15.7. The van der Waals surface area contributed by atoms with Crippen molar-refractivity contribution < 1.29 is 0 Å². The minimum atomic E-state index is -0.439. The molecule has 0 atom stereocenters. The molecule has 0 saturated heterocycles. The van der Waals surface area contributed by atoms with Gasteiger partial charge >= 0.3 is 0 Å². The van der Waals surface area contributed by atoms with E-state index >= 15 is 0 Å². The number of aliphatic imine (C=N–C) groups is 2. The molecule has 1 fully saturated rings. The Bertz CT molecular complexity index is 680. The molecular formula is C17H24ClN5S. The predicted octanol–water partition coefficient (Wildman–Crippen LogP) is 3.95. The number of benzene rings is 1. The normalized spacial score (nSPS) is 20.2. The van der Waals surface area contributed by atoms with E-state index in [1.165, 1.54) is 6.42 Å². The van der Waals surface area contributed by atoms with Gasteiger partial charge in [-0.15, -0.1) is 11.8 Å². The van der Waals surface area contributed by atoms with Gasteiger partial charge < -0.3 is 11.5 Å². The lowest BCUT2D eigenvalue weighted by atomic mass is 9.87. The highest BCUT2D eigenvalue weighted by molar-refractivity contribution is 8.00. The van der Waals surface area contributed by atoms with Crippen LogP contribution in [0.2, 0.25) is 5.02 Å². The molecule has 5 nitrogen and oxygen atoms in total. The van der Waals surface area contributed by atoms with Crippen LogP contribution in [0.1, 0.15) is 46.0 Å². The summed E-state index contributed by atoms with van der Waals surface area (Å²) in [6.07, 6.45) is 5.26. The van der Waals surface area contributed by atoms with E-state index in [0.717, 1.165) is 41.3 Å². The van der Waals surface area contributed by atoms with E-state index < -0.39 is 5.66 Å². The molecule has 0 bridgehead atoms. The quantitative estimate of drug-likeness (QED) is 0.795. The summed E-state index contributed by atoms with van der Waals surface area (Å²) in [5.41, 5.74) is 12.8. The van der Waals surface area contributed by atoms with Crippen LogP contribution in [0.3, 0.4) is 0 Å². The largest absolute Gasteiger partial charge is 0.369 e. The zero-order valence-electron chi connectivity index (χ0n) is 14.1. The number of hydrogen-bond donors (Lipinski definition) is 2. The Hall–Kier alpha value is -1.40. The molecule has 24 heavy (non-hydrogen) atoms. The Morgan fingerprint density at radius 2 is 1.92 bits per heavy atom. The standard InChI is InChI=1S/C17H24ClN5S/c1-11(2)24-14-12(18)7-6-8-13(14)23-16(20)21-15(19)22-17(23)9-4-3-5-10-17/h6-8,11H,3-5,9-10H2,1-2H3,(H4,19,20,21,22). The summed E-state index contributed by atoms with van der Waals surface area (Å²) in [5.74, 6) is 0.669. The minimum absolute atomic E-state index is 0.269. The number of halogens is 1. The third kappa shape index (κ3) is 3.22. The van der Waals surface area contributed by atoms with Crippen LogP contribution in [0.5, 0.6) is 0 Å². The molecule has 1 aromatic carbocycles. The Labute approximate surface area is 152 Å². The lowest BCUT2D eigenvalue weighted by molar-refractivity contribution is 0.305. The van der Waals surface area contributed by atoms with Gasteiger partial charge in [-0.3, -0.25) is 4.90 Å². The second-order valence-electron chi connectivity index (χ2n) is 6.57. The second-order valence-corrected chi connectivity index (χ2v) is 8.57. The maximum absolute atomic E-state index is 6.51. The molecule has 4 N–H and O–H groups in total. The predicted molar refractivity (Wildman–Crippen MR) is 104 cm³/mol. The van der Waals surface area contributed by atoms with E-state index in [-0.39, 0.29) is 5.96 Å². The van der Waals surface area contributed by atoms with Crippen molar-refractivity contribution in [3.8, 4) is 0 Å². The summed E-state index contributed by atoms with van der Waals surface area (Å²) in [5, 5.41) is 1.13. The molecule has 130 valence electrons. The van der Waals surface area contributed by atoms with Crippen LogP contribution in [-0.2, 0) is 0 Å². The summed E-state index contributed by atoms with van der Waals surface area (Å²) in [7, 11) is 0. The highest BCUT2D eigenvalue weighted by atomic mass is 35.5. The lowest BCUT2D eigenvalue weighted by Crippen LogP contribution is -2.58. The summed E-state index contributed by atoms with van der Waals surface area (Å²) in [6.45, 7) is 4.30. The van der Waals surface area contributed by atoms with Gasteiger partial charge in [0.2, 0.25) is 11.9 Å². The first kappa shape index (κ1) is 17.4. The summed E-state index contributed by atoms with van der Waals surface area (Å²) < 4.78 is 0. The second kappa shape index (κ2) is 6.84. The average molecular weight is 366 g/mol. The number of thioether (sulfide) groups is 1. The van der Waals surface area contributed by atoms with Crippen LogP contribution < -0.4 is 16.4 Å². The molecule has 1 heterocycles. The van der Waals surface area contributed by atoms with Crippen molar-refractivity contribution in [3.63, 3.8) is 0 Å². The van der Waals surface area contributed by atoms with Gasteiger partial charge in [-0.2, -0.15) is 4.99 Å². The summed E-state index contributed by atoms with van der Waals surface area (Å²) in [6, 6.07) is 5.91. The first-order chi connectivity index (χ1) is 11.4. The Balaban J connectivity index is 2.12. The van der Waals surface area contributed by atoms with Gasteiger partial charge in [-0.25, -0.2) is 4.99 Å². The molecule has 1 saturated carbocycles. The molecule has 1 spiro atoms. The van der Waals surface area contributed by atoms with Crippen molar-refractivity contribution in [3.05, 3.63) is 23.2 Å². The number of nitrogens with two attached hydrogens (primary N) is 2. The first-order valence-electron chi connectivity index (χ1n) is 8.38. The van der Waals surface area contributed by atoms with Crippen molar-refractivity contribution in [2.45, 2.75) is 61.8 Å². The molecule has 0 unspecified atom stereocenters. The third-order valence-corrected chi connectivity index (χ3v) is 5.96. The number of rotatable bonds is 3. The van der Waals surface area contributed by atoms with Crippen molar-refractivity contribution in [1.29, 1.82) is 0 Å². The van der Waals surface area contributed by atoms with Crippen LogP contribution in [0, 0.1) is 0 Å². The number of guanidine groups is 2. The van der Waals surface area contributed by atoms with Crippen LogP contribution in [0.4, 0.5) is 5.69 Å². The van der Waals surface area contributed by atoms with Crippen LogP contribution in [0.25, 0.3) is 0 Å². The Morgan fingerprint density at radius 3 is 2.58 bits per heavy atom. The van der Waals surface area contributed by atoms with Gasteiger partial charge in [0.25, 0.3) is 0 Å². The van der Waals surface area contributed by atoms with E-state index in [9.17, 15) is 0 Å². The van der Waals surface area contributed by atoms with Gasteiger partial charge in [-0.1, -0.05) is 37.9 Å². The van der Waals surface area contributed by atoms with Crippen molar-refractivity contribution in [2.75, 3.05) is 4.90 Å². The van der Waals surface area contributed by atoms with E-state index in [4.69, 9.17) is 28.1 Å². The molecule has 0 radical (unpaired) electrons. The van der Waals surface area contributed by atoms with Gasteiger partial charge in [0.15, 0.2) is 0 Å². The van der Waals surface area contributed by atoms with Crippen LogP contribution in [0.15, 0.2) is 33.1 Å². The molecule has 7 heteroatoms. The van der Waals surface area contributed by atoms with Gasteiger partial charge in [0, 0.05) is 5.25 Å². The van der Waals surface area contributed by atoms with Crippen LogP contribution in [-0.4, -0.2) is 22.8 Å². The van der Waals surface area contributed by atoms with Gasteiger partial charge in [-0.05, 0) is 37.8 Å². The van der Waals surface area contributed by atoms with Gasteiger partial charge in [0.05, 0.1) is 15.6 Å². The number of nitrogens with zero attached hydrogens (tertiary/aromatic N) is 3. The summed E-state index contributed by atoms with van der Waals surface area (Å²) in [4.78, 5) is 12.0. The fraction of sp³-hybridized carbons (Fsp3) is 0.529. The smallest absolute Gasteiger partial charge is 0.220 e. The molecule has 1 aromatic rings. The third-order valence-electron chi connectivity index (χ3n) is 4.39. The Morgan fingerprint density at radius 1 is 1.21 bits per heavy atom. The minimum Gasteiger partial charge on any atom is -0.369 e. The summed E-state index contributed by atoms with van der Waals surface area (Å²) >= 11 is 8.24. The molecule has 1 aliphatic carbocycles. The maximum Gasteiger partial charge on any atom is 0.220 e. The van der Waals surface area contributed by atoms with E-state index in [1.807, 2.05) is 18.2 Å². The van der Waals surface area contributed by atoms with Crippen molar-refractivity contribution >= 4 is 41.0 Å². The van der Waals surface area contributed by atoms with Gasteiger partial charge in [0.1, 0.15) is 5.66 Å². The SMILES string of the molecule is CC(C)Sc1c(Cl)cccc1N1C(N)=NC(N)=NC12CCCCC2. The van der Waals surface area contributed by atoms with E-state index in [0.29, 0.717) is 11.2 Å². The fourth-order valence-electron chi connectivity index (χ4n) is 3.50. The molecular weight excluding hydrogens is 342 g/mol. The number of anilines is 1. The molecule has 2 aliphatic rings. The highest BCUT2D eigenvalue weighted by Gasteiger charge is 2.43. The van der Waals surface area contributed by atoms with Crippen molar-refractivity contribution in [2.24, 2.45) is 21.5 Å². The maximum atomic E-state index is 6.51. The lowest BCUT2D eigenvalue weighted by Gasteiger charge is -2.46. The zero-order chi connectivity index (χ0) is 17.3. The molecule has 1 aliphatic heterocycles. The Kier molecular flexibility index (Phi) is 4.97. The number of hydrogen-bond acceptors (Lipinski definition) is 6. The topological polar surface area (TPSA) is 80.0 Å². The molecule has 3 rings (SSSR count). The van der Waals surface area contributed by atoms with Crippen molar-refractivity contribution in [1.82, 2.24) is 0 Å². The monoisotopic (exact) mass is 365 g/mol.